The van der Waals surface area contributed by atoms with E-state index in [2.05, 4.69) is 6.58 Å². The molecule has 106 valence electrons. The fourth-order valence-corrected chi connectivity index (χ4v) is 4.04. The number of ether oxygens (including phenoxy) is 1. The number of esters is 1. The zero-order valence-corrected chi connectivity index (χ0v) is 11.5. The van der Waals surface area contributed by atoms with Crippen molar-refractivity contribution >= 4 is 11.8 Å². The summed E-state index contributed by atoms with van der Waals surface area (Å²) < 4.78 is 5.47. The number of hydrogen-bond donors (Lipinski definition) is 0. The van der Waals surface area contributed by atoms with Gasteiger partial charge in [-0.05, 0) is 32.8 Å². The van der Waals surface area contributed by atoms with Crippen molar-refractivity contribution in [1.29, 1.82) is 0 Å². The fraction of sp³-hybridized carbons (Fsp3) is 0.600. The van der Waals surface area contributed by atoms with E-state index >= 15 is 0 Å². The van der Waals surface area contributed by atoms with Crippen molar-refractivity contribution in [2.75, 3.05) is 0 Å². The molecule has 3 fully saturated rings. The lowest BCUT2D eigenvalue weighted by Gasteiger charge is -2.56. The minimum Gasteiger partial charge on any atom is -0.454 e. The summed E-state index contributed by atoms with van der Waals surface area (Å²) in [6.45, 7) is 7.58. The molecule has 3 heterocycles. The van der Waals surface area contributed by atoms with E-state index in [1.54, 1.807) is 6.08 Å². The van der Waals surface area contributed by atoms with Crippen LogP contribution in [0, 0.1) is 11.3 Å². The molecule has 2 aliphatic carbocycles. The summed E-state index contributed by atoms with van der Waals surface area (Å²) in [5.74, 6) is -0.327. The molecule has 5 nitrogen and oxygen atoms in total. The van der Waals surface area contributed by atoms with Crippen molar-refractivity contribution in [3.05, 3.63) is 23.8 Å². The topological polar surface area (TPSA) is 61.8 Å². The van der Waals surface area contributed by atoms with Gasteiger partial charge in [-0.25, -0.2) is 14.6 Å². The molecule has 3 aliphatic heterocycles. The SMILES string of the molecule is C=C1C(=O)O[C@@H]2C3=C[C@H]4OO[C@@]3(CC[C@@H]12)C(C)(C)C4=O. The molecule has 0 aromatic rings. The smallest absolute Gasteiger partial charge is 0.334 e. The first-order chi connectivity index (χ1) is 9.38. The van der Waals surface area contributed by atoms with Gasteiger partial charge < -0.3 is 4.74 Å². The lowest BCUT2D eigenvalue weighted by atomic mass is 9.55. The summed E-state index contributed by atoms with van der Waals surface area (Å²) in [7, 11) is 0. The third-order valence-corrected chi connectivity index (χ3v) is 5.40. The van der Waals surface area contributed by atoms with Crippen LogP contribution in [0.5, 0.6) is 0 Å². The van der Waals surface area contributed by atoms with Gasteiger partial charge in [0.15, 0.2) is 11.9 Å². The van der Waals surface area contributed by atoms with E-state index in [9.17, 15) is 9.59 Å². The second-order valence-electron chi connectivity index (χ2n) is 6.53. The molecule has 1 saturated carbocycles. The van der Waals surface area contributed by atoms with Gasteiger partial charge in [-0.3, -0.25) is 4.79 Å². The van der Waals surface area contributed by atoms with Gasteiger partial charge in [-0.2, -0.15) is 0 Å². The highest BCUT2D eigenvalue weighted by molar-refractivity contribution is 5.95. The Balaban J connectivity index is 1.87. The highest BCUT2D eigenvalue weighted by atomic mass is 17.2. The quantitative estimate of drug-likeness (QED) is 0.290. The first kappa shape index (κ1) is 12.3. The summed E-state index contributed by atoms with van der Waals surface area (Å²) in [4.78, 5) is 35.0. The highest BCUT2D eigenvalue weighted by Crippen LogP contribution is 2.59. The van der Waals surface area contributed by atoms with Crippen LogP contribution in [0.2, 0.25) is 0 Å². The second-order valence-corrected chi connectivity index (χ2v) is 6.53. The summed E-state index contributed by atoms with van der Waals surface area (Å²) in [5.41, 5.74) is -0.0921. The molecule has 5 heteroatoms. The maximum Gasteiger partial charge on any atom is 0.334 e. The van der Waals surface area contributed by atoms with Gasteiger partial charge in [-0.15, -0.1) is 0 Å². The Hall–Kier alpha value is -1.46. The van der Waals surface area contributed by atoms with Crippen molar-refractivity contribution in [2.24, 2.45) is 11.3 Å². The van der Waals surface area contributed by atoms with Gasteiger partial charge in [0.05, 0.1) is 5.41 Å². The average molecular weight is 276 g/mol. The minimum atomic E-state index is -0.815. The third-order valence-electron chi connectivity index (χ3n) is 5.40. The number of ketones is 1. The summed E-state index contributed by atoms with van der Waals surface area (Å²) in [6, 6.07) is 0. The molecular weight excluding hydrogens is 260 g/mol. The van der Waals surface area contributed by atoms with Gasteiger partial charge in [0.1, 0.15) is 11.7 Å². The Labute approximate surface area is 116 Å². The molecule has 5 aliphatic rings. The van der Waals surface area contributed by atoms with Crippen LogP contribution in [0.25, 0.3) is 0 Å². The van der Waals surface area contributed by atoms with Crippen LogP contribution < -0.4 is 0 Å². The molecule has 2 bridgehead atoms. The largest absolute Gasteiger partial charge is 0.454 e. The monoisotopic (exact) mass is 276 g/mol. The number of carbonyl (C=O) groups excluding carboxylic acids is 2. The van der Waals surface area contributed by atoms with Gasteiger partial charge in [0.2, 0.25) is 0 Å². The zero-order chi connectivity index (χ0) is 14.3. The summed E-state index contributed by atoms with van der Waals surface area (Å²) in [5, 5.41) is 0. The Morgan fingerprint density at radius 3 is 2.85 bits per heavy atom. The van der Waals surface area contributed by atoms with Crippen LogP contribution in [0.1, 0.15) is 26.7 Å². The molecule has 0 N–H and O–H groups in total. The molecular formula is C15H16O5. The third kappa shape index (κ3) is 1.13. The maximum atomic E-state index is 12.4. The molecule has 0 aromatic heterocycles. The molecule has 0 amide bonds. The van der Waals surface area contributed by atoms with E-state index in [4.69, 9.17) is 14.5 Å². The lowest BCUT2D eigenvalue weighted by molar-refractivity contribution is -0.411. The Kier molecular flexibility index (Phi) is 2.09. The van der Waals surface area contributed by atoms with E-state index in [-0.39, 0.29) is 23.8 Å². The van der Waals surface area contributed by atoms with Crippen LogP contribution in [-0.4, -0.2) is 29.6 Å². The fourth-order valence-electron chi connectivity index (χ4n) is 4.04. The molecule has 5 rings (SSSR count). The van der Waals surface area contributed by atoms with Gasteiger partial charge >= 0.3 is 5.97 Å². The number of carbonyl (C=O) groups is 2. The number of fused-ring (bicyclic) bond motifs is 3. The van der Waals surface area contributed by atoms with E-state index in [1.807, 2.05) is 13.8 Å². The van der Waals surface area contributed by atoms with Crippen LogP contribution in [-0.2, 0) is 24.1 Å². The first-order valence-electron chi connectivity index (χ1n) is 6.89. The van der Waals surface area contributed by atoms with Gasteiger partial charge in [0.25, 0.3) is 0 Å². The molecule has 0 unspecified atom stereocenters. The van der Waals surface area contributed by atoms with Crippen LogP contribution in [0.3, 0.4) is 0 Å². The molecule has 1 spiro atoms. The van der Waals surface area contributed by atoms with Crippen molar-refractivity contribution in [3.63, 3.8) is 0 Å². The first-order valence-corrected chi connectivity index (χ1v) is 6.89. The van der Waals surface area contributed by atoms with E-state index < -0.39 is 17.1 Å². The normalized spacial score (nSPS) is 44.8. The maximum absolute atomic E-state index is 12.4. The van der Waals surface area contributed by atoms with E-state index in [0.29, 0.717) is 18.4 Å². The Bertz CT molecular complexity index is 587. The van der Waals surface area contributed by atoms with Crippen LogP contribution in [0.15, 0.2) is 23.8 Å². The number of rotatable bonds is 0. The molecule has 0 aromatic carbocycles. The minimum absolute atomic E-state index is 0.00627. The van der Waals surface area contributed by atoms with Crippen molar-refractivity contribution < 1.29 is 24.1 Å². The standard InChI is InChI=1S/C15H16O5/c1-7-8-4-5-15-9(11(8)18-13(7)17)6-10(19-20-15)12(16)14(15,2)3/h6,8,10-11H,1,4-5H2,2-3H3/t8-,10+,11-,15+/m0/s1. The van der Waals surface area contributed by atoms with Crippen molar-refractivity contribution in [2.45, 2.75) is 44.5 Å². The van der Waals surface area contributed by atoms with Crippen LogP contribution in [0.4, 0.5) is 0 Å². The molecule has 4 atom stereocenters. The number of Topliss-reactive ketones (excluding diaryl/α,β-unsaturated/α-hetero) is 1. The molecule has 2 saturated heterocycles. The predicted octanol–water partition coefficient (Wildman–Crippen LogP) is 1.48. The van der Waals surface area contributed by atoms with Crippen molar-refractivity contribution in [1.82, 2.24) is 0 Å². The lowest BCUT2D eigenvalue weighted by Crippen LogP contribution is -2.66. The predicted molar refractivity (Wildman–Crippen MR) is 67.3 cm³/mol. The van der Waals surface area contributed by atoms with Crippen LogP contribution >= 0.6 is 0 Å². The second kappa shape index (κ2) is 3.40. The van der Waals surface area contributed by atoms with Crippen molar-refractivity contribution in [3.8, 4) is 0 Å². The average Bonchev–Trinajstić information content (AvgIpc) is 2.71. The summed E-state index contributed by atoms with van der Waals surface area (Å²) in [6.07, 6.45) is 2.05. The van der Waals surface area contributed by atoms with E-state index in [1.165, 1.54) is 0 Å². The zero-order valence-electron chi connectivity index (χ0n) is 11.5. The Morgan fingerprint density at radius 1 is 1.35 bits per heavy atom. The molecule has 20 heavy (non-hydrogen) atoms. The molecule has 0 radical (unpaired) electrons. The summed E-state index contributed by atoms with van der Waals surface area (Å²) >= 11 is 0. The van der Waals surface area contributed by atoms with E-state index in [0.717, 1.165) is 5.57 Å². The Morgan fingerprint density at radius 2 is 2.10 bits per heavy atom. The number of hydrogen-bond acceptors (Lipinski definition) is 5. The van der Waals surface area contributed by atoms with Gasteiger partial charge in [-0.1, -0.05) is 6.58 Å². The van der Waals surface area contributed by atoms with Gasteiger partial charge in [0, 0.05) is 17.1 Å². The highest BCUT2D eigenvalue weighted by Gasteiger charge is 2.67.